The second-order valence-electron chi connectivity index (χ2n) is 5.38. The van der Waals surface area contributed by atoms with Crippen molar-refractivity contribution in [1.82, 2.24) is 5.43 Å². The Hall–Kier alpha value is -2.93. The van der Waals surface area contributed by atoms with Gasteiger partial charge in [0.25, 0.3) is 5.91 Å². The Balaban J connectivity index is 2.05. The number of carbonyl (C=O) groups excluding carboxylic acids is 1. The summed E-state index contributed by atoms with van der Waals surface area (Å²) in [6.07, 6.45) is 0.693. The first-order valence-corrected chi connectivity index (χ1v) is 8.42. The molecular formula is C19H21ClN2O5. The van der Waals surface area contributed by atoms with E-state index in [1.54, 1.807) is 43.3 Å². The molecule has 0 unspecified atom stereocenters. The number of benzene rings is 2. The van der Waals surface area contributed by atoms with Gasteiger partial charge in [-0.1, -0.05) is 17.7 Å². The molecule has 7 nitrogen and oxygen atoms in total. The van der Waals surface area contributed by atoms with Crippen molar-refractivity contribution in [2.75, 3.05) is 21.3 Å². The molecule has 0 heterocycles. The maximum Gasteiger partial charge on any atom is 0.280 e. The van der Waals surface area contributed by atoms with Crippen LogP contribution in [0.2, 0.25) is 5.02 Å². The molecule has 0 bridgehead atoms. The molecule has 0 aromatic heterocycles. The zero-order valence-electron chi connectivity index (χ0n) is 15.5. The van der Waals surface area contributed by atoms with Crippen LogP contribution < -0.4 is 24.4 Å². The quantitative estimate of drug-likeness (QED) is 0.551. The van der Waals surface area contributed by atoms with Crippen molar-refractivity contribution in [2.24, 2.45) is 5.10 Å². The maximum absolute atomic E-state index is 12.1. The monoisotopic (exact) mass is 392 g/mol. The Morgan fingerprint density at radius 3 is 2.48 bits per heavy atom. The van der Waals surface area contributed by atoms with Gasteiger partial charge in [-0.15, -0.1) is 0 Å². The van der Waals surface area contributed by atoms with E-state index < -0.39 is 12.0 Å². The highest BCUT2D eigenvalue weighted by Crippen LogP contribution is 2.38. The van der Waals surface area contributed by atoms with Crippen molar-refractivity contribution in [3.05, 3.63) is 47.0 Å². The second kappa shape index (κ2) is 9.68. The van der Waals surface area contributed by atoms with Gasteiger partial charge in [0.05, 0.1) is 27.5 Å². The molecular weight excluding hydrogens is 372 g/mol. The summed E-state index contributed by atoms with van der Waals surface area (Å²) in [6.45, 7) is 1.61. The predicted octanol–water partition coefficient (Wildman–Crippen LogP) is 3.28. The Kier molecular flexibility index (Phi) is 7.31. The van der Waals surface area contributed by atoms with Gasteiger partial charge in [0.15, 0.2) is 17.6 Å². The number of amides is 1. The third kappa shape index (κ3) is 5.27. The molecule has 1 atom stereocenters. The smallest absolute Gasteiger partial charge is 0.280 e. The number of rotatable bonds is 8. The van der Waals surface area contributed by atoms with E-state index in [0.29, 0.717) is 33.6 Å². The number of nitrogens with one attached hydrogen (secondary N) is 1. The number of hydrazone groups is 1. The molecule has 8 heteroatoms. The fourth-order valence-corrected chi connectivity index (χ4v) is 2.46. The van der Waals surface area contributed by atoms with Crippen LogP contribution in [0.25, 0.3) is 0 Å². The third-order valence-electron chi connectivity index (χ3n) is 3.59. The van der Waals surface area contributed by atoms with Gasteiger partial charge in [-0.25, -0.2) is 5.43 Å². The van der Waals surface area contributed by atoms with Crippen LogP contribution in [0, 0.1) is 0 Å². The van der Waals surface area contributed by atoms with Crippen LogP contribution in [0.15, 0.2) is 41.5 Å². The highest BCUT2D eigenvalue weighted by Gasteiger charge is 2.16. The van der Waals surface area contributed by atoms with Crippen LogP contribution in [0.1, 0.15) is 12.5 Å². The molecule has 2 aromatic carbocycles. The van der Waals surface area contributed by atoms with Crippen LogP contribution in [0.5, 0.6) is 23.0 Å². The highest BCUT2D eigenvalue weighted by molar-refractivity contribution is 6.30. The lowest BCUT2D eigenvalue weighted by atomic mass is 10.2. The van der Waals surface area contributed by atoms with Crippen molar-refractivity contribution >= 4 is 23.7 Å². The fourth-order valence-electron chi connectivity index (χ4n) is 2.28. The summed E-state index contributed by atoms with van der Waals surface area (Å²) in [5.41, 5.74) is 3.04. The van der Waals surface area contributed by atoms with Gasteiger partial charge < -0.3 is 18.9 Å². The fraction of sp³-hybridized carbons (Fsp3) is 0.263. The van der Waals surface area contributed by atoms with Crippen molar-refractivity contribution in [3.8, 4) is 23.0 Å². The molecule has 0 fully saturated rings. The largest absolute Gasteiger partial charge is 0.493 e. The number of hydrogen-bond acceptors (Lipinski definition) is 6. The number of halogens is 1. The number of ether oxygens (including phenoxy) is 4. The Morgan fingerprint density at radius 2 is 1.85 bits per heavy atom. The van der Waals surface area contributed by atoms with Crippen molar-refractivity contribution < 1.29 is 23.7 Å². The molecule has 0 saturated carbocycles. The van der Waals surface area contributed by atoms with Gasteiger partial charge >= 0.3 is 0 Å². The van der Waals surface area contributed by atoms with Gasteiger partial charge in [-0.2, -0.15) is 5.10 Å². The van der Waals surface area contributed by atoms with Gasteiger partial charge in [0, 0.05) is 10.6 Å². The molecule has 2 aromatic rings. The average molecular weight is 393 g/mol. The third-order valence-corrected chi connectivity index (χ3v) is 3.83. The lowest BCUT2D eigenvalue weighted by Crippen LogP contribution is -2.33. The molecule has 0 radical (unpaired) electrons. The van der Waals surface area contributed by atoms with Crippen LogP contribution in [0.4, 0.5) is 0 Å². The first-order chi connectivity index (χ1) is 13.0. The van der Waals surface area contributed by atoms with E-state index in [1.807, 2.05) is 0 Å². The Labute approximate surface area is 162 Å². The van der Waals surface area contributed by atoms with Crippen LogP contribution >= 0.6 is 11.6 Å². The minimum absolute atomic E-state index is 0.411. The Morgan fingerprint density at radius 1 is 1.11 bits per heavy atom. The standard InChI is InChI=1S/C19H21ClN2O5/c1-12(27-15-7-5-6-14(20)10-15)19(23)22-21-11-13-8-9-16(24-2)18(26-4)17(13)25-3/h5-12H,1-4H3,(H,22,23)/b21-11-/t12-/m1/s1. The zero-order valence-corrected chi connectivity index (χ0v) is 16.2. The summed E-state index contributed by atoms with van der Waals surface area (Å²) in [6, 6.07) is 10.3. The summed E-state index contributed by atoms with van der Waals surface area (Å²) >= 11 is 5.90. The van der Waals surface area contributed by atoms with E-state index in [4.69, 9.17) is 30.5 Å². The molecule has 0 spiro atoms. The zero-order chi connectivity index (χ0) is 19.8. The molecule has 0 aliphatic rings. The highest BCUT2D eigenvalue weighted by atomic mass is 35.5. The number of hydrogen-bond donors (Lipinski definition) is 1. The maximum atomic E-state index is 12.1. The lowest BCUT2D eigenvalue weighted by Gasteiger charge is -2.14. The first-order valence-electron chi connectivity index (χ1n) is 8.04. The molecule has 144 valence electrons. The lowest BCUT2D eigenvalue weighted by molar-refractivity contribution is -0.127. The molecule has 1 amide bonds. The Bertz CT molecular complexity index is 826. The SMILES string of the molecule is COc1ccc(/C=N\NC(=O)[C@@H](C)Oc2cccc(Cl)c2)c(OC)c1OC. The topological polar surface area (TPSA) is 78.4 Å². The van der Waals surface area contributed by atoms with Gasteiger partial charge in [-0.3, -0.25) is 4.79 Å². The summed E-state index contributed by atoms with van der Waals surface area (Å²) < 4.78 is 21.4. The molecule has 0 aliphatic heterocycles. The number of methoxy groups -OCH3 is 3. The summed E-state index contributed by atoms with van der Waals surface area (Å²) in [7, 11) is 4.55. The van der Waals surface area contributed by atoms with Gasteiger partial charge in [0.1, 0.15) is 5.75 Å². The van der Waals surface area contributed by atoms with Crippen LogP contribution in [-0.4, -0.2) is 39.6 Å². The van der Waals surface area contributed by atoms with Crippen molar-refractivity contribution in [3.63, 3.8) is 0 Å². The molecule has 2 rings (SSSR count). The van der Waals surface area contributed by atoms with E-state index in [1.165, 1.54) is 27.5 Å². The van der Waals surface area contributed by atoms with E-state index in [-0.39, 0.29) is 0 Å². The molecule has 0 aliphatic carbocycles. The average Bonchev–Trinajstić information content (AvgIpc) is 2.67. The first kappa shape index (κ1) is 20.4. The normalized spacial score (nSPS) is 11.7. The molecule has 27 heavy (non-hydrogen) atoms. The number of carbonyl (C=O) groups is 1. The molecule has 0 saturated heterocycles. The van der Waals surface area contributed by atoms with Gasteiger partial charge in [0.2, 0.25) is 5.75 Å². The minimum Gasteiger partial charge on any atom is -0.493 e. The van der Waals surface area contributed by atoms with Crippen LogP contribution in [0.3, 0.4) is 0 Å². The van der Waals surface area contributed by atoms with E-state index in [9.17, 15) is 4.79 Å². The van der Waals surface area contributed by atoms with Crippen LogP contribution in [-0.2, 0) is 4.79 Å². The molecule has 1 N–H and O–H groups in total. The van der Waals surface area contributed by atoms with Crippen molar-refractivity contribution in [1.29, 1.82) is 0 Å². The van der Waals surface area contributed by atoms with Crippen molar-refractivity contribution in [2.45, 2.75) is 13.0 Å². The summed E-state index contributed by atoms with van der Waals surface area (Å²) in [5.74, 6) is 1.49. The van der Waals surface area contributed by atoms with E-state index in [2.05, 4.69) is 10.5 Å². The predicted molar refractivity (Wildman–Crippen MR) is 103 cm³/mol. The van der Waals surface area contributed by atoms with E-state index >= 15 is 0 Å². The van der Waals surface area contributed by atoms with Gasteiger partial charge in [-0.05, 0) is 37.3 Å². The summed E-state index contributed by atoms with van der Waals surface area (Å²) in [4.78, 5) is 12.1. The van der Waals surface area contributed by atoms with E-state index in [0.717, 1.165) is 0 Å². The minimum atomic E-state index is -0.757. The number of nitrogens with zero attached hydrogens (tertiary/aromatic N) is 1. The second-order valence-corrected chi connectivity index (χ2v) is 5.81. The summed E-state index contributed by atoms with van der Waals surface area (Å²) in [5, 5.41) is 4.48.